The number of aliphatic hydroxyl groups is 3. The van der Waals surface area contributed by atoms with E-state index in [-0.39, 0.29) is 5.56 Å². The van der Waals surface area contributed by atoms with E-state index in [0.717, 1.165) is 6.07 Å². The van der Waals surface area contributed by atoms with Crippen LogP contribution in [-0.4, -0.2) is 101 Å². The number of carbonyl (C=O) groups is 3. The van der Waals surface area contributed by atoms with Crippen molar-refractivity contribution in [3.05, 3.63) is 45.5 Å². The average Bonchev–Trinajstić information content (AvgIpc) is 3.29. The molecule has 0 radical (unpaired) electrons. The lowest BCUT2D eigenvalue weighted by Gasteiger charge is -2.41. The lowest BCUT2D eigenvalue weighted by atomic mass is 9.95. The highest BCUT2D eigenvalue weighted by Gasteiger charge is 2.50. The van der Waals surface area contributed by atoms with Crippen LogP contribution in [-0.2, 0) is 19.0 Å². The van der Waals surface area contributed by atoms with Gasteiger partial charge in [0.1, 0.15) is 12.2 Å². The molecule has 17 heteroatoms. The zero-order valence-corrected chi connectivity index (χ0v) is 21.4. The first kappa shape index (κ1) is 29.4. The largest absolute Gasteiger partial charge is 0.504 e. The maximum absolute atomic E-state index is 13.4. The Balaban J connectivity index is 1.45. The third kappa shape index (κ3) is 4.79. The third-order valence-corrected chi connectivity index (χ3v) is 7.06. The van der Waals surface area contributed by atoms with E-state index in [2.05, 4.69) is 0 Å². The number of phenols is 6. The fraction of sp³-hybridized carbons (Fsp3) is 0.308. The number of ether oxygens (including phenoxy) is 3. The number of hydrogen-bond donors (Lipinski definition) is 9. The number of fused-ring (bicyclic) bond motifs is 3. The van der Waals surface area contributed by atoms with Crippen LogP contribution in [0.15, 0.2) is 27.4 Å². The molecule has 0 spiro atoms. The van der Waals surface area contributed by atoms with E-state index in [1.807, 2.05) is 0 Å². The number of benzene rings is 2. The number of ketones is 1. The molecular formula is C26H22O17. The van der Waals surface area contributed by atoms with Crippen LogP contribution < -0.4 is 5.63 Å². The average molecular weight is 606 g/mol. The molecule has 5 rings (SSSR count). The number of aliphatic hydroxyl groups excluding tert-OH is 3. The van der Waals surface area contributed by atoms with Gasteiger partial charge in [0.2, 0.25) is 12.0 Å². The van der Waals surface area contributed by atoms with Crippen LogP contribution in [0.25, 0.3) is 10.8 Å². The smallest absolute Gasteiger partial charge is 0.344 e. The fourth-order valence-electron chi connectivity index (χ4n) is 4.92. The minimum Gasteiger partial charge on any atom is -0.504 e. The third-order valence-electron chi connectivity index (χ3n) is 7.06. The summed E-state index contributed by atoms with van der Waals surface area (Å²) in [6.45, 7) is -0.937. The summed E-state index contributed by atoms with van der Waals surface area (Å²) in [6, 6.07) is 2.17. The van der Waals surface area contributed by atoms with Crippen LogP contribution in [0.2, 0.25) is 0 Å². The SMILES string of the molecule is O=C(O[C@@H]1O[C@H](CO)[C@@H](O)[C@H](OC(=O)C2CC(=O)c3oc(=O)c4cc(O)c(O)c(O)c4c32)[C@H]1O)c1cc(O)c(O)c(O)c1. The number of phenolic OH excluding ortho intramolecular Hbond substituents is 6. The highest BCUT2D eigenvalue weighted by Crippen LogP contribution is 2.47. The van der Waals surface area contributed by atoms with E-state index < -0.39 is 130 Å². The number of Topliss-reactive ketones (excluding diaryl/α,β-unsaturated/α-hetero) is 1. The Morgan fingerprint density at radius 2 is 1.49 bits per heavy atom. The lowest BCUT2D eigenvalue weighted by Crippen LogP contribution is -2.61. The van der Waals surface area contributed by atoms with E-state index in [4.69, 9.17) is 18.6 Å². The molecule has 0 bridgehead atoms. The summed E-state index contributed by atoms with van der Waals surface area (Å²) < 4.78 is 20.5. The summed E-state index contributed by atoms with van der Waals surface area (Å²) in [5.41, 5.74) is -2.09. The molecule has 3 aromatic rings. The number of carbonyl (C=O) groups excluding carboxylic acids is 3. The minimum atomic E-state index is -2.14. The minimum absolute atomic E-state index is 0.387. The second-order valence-corrected chi connectivity index (χ2v) is 9.70. The number of rotatable bonds is 5. The first-order chi connectivity index (χ1) is 20.2. The second-order valence-electron chi connectivity index (χ2n) is 9.70. The summed E-state index contributed by atoms with van der Waals surface area (Å²) in [6.07, 6.45) is -10.4. The molecule has 1 aliphatic heterocycles. The molecule has 17 nitrogen and oxygen atoms in total. The van der Waals surface area contributed by atoms with Gasteiger partial charge >= 0.3 is 17.6 Å². The van der Waals surface area contributed by atoms with Gasteiger partial charge in [-0.1, -0.05) is 0 Å². The predicted octanol–water partition coefficient (Wildman–Crippen LogP) is -1.10. The molecule has 228 valence electrons. The van der Waals surface area contributed by atoms with E-state index in [1.165, 1.54) is 0 Å². The summed E-state index contributed by atoms with van der Waals surface area (Å²) in [5, 5.41) is 89.2. The molecule has 1 unspecified atom stereocenters. The maximum atomic E-state index is 13.4. The number of aromatic hydroxyl groups is 6. The molecule has 2 heterocycles. The van der Waals surface area contributed by atoms with Gasteiger partial charge in [-0.2, -0.15) is 0 Å². The van der Waals surface area contributed by atoms with Gasteiger partial charge < -0.3 is 64.6 Å². The van der Waals surface area contributed by atoms with Gasteiger partial charge in [0.05, 0.1) is 23.5 Å². The van der Waals surface area contributed by atoms with Crippen molar-refractivity contribution in [1.29, 1.82) is 0 Å². The molecule has 0 amide bonds. The molecule has 2 aromatic carbocycles. The summed E-state index contributed by atoms with van der Waals surface area (Å²) >= 11 is 0. The zero-order valence-electron chi connectivity index (χ0n) is 21.4. The van der Waals surface area contributed by atoms with E-state index in [9.17, 15) is 65.1 Å². The molecule has 2 aliphatic rings. The Hall–Kier alpha value is -5.10. The molecule has 1 fully saturated rings. The summed E-state index contributed by atoms with van der Waals surface area (Å²) in [7, 11) is 0. The van der Waals surface area contributed by atoms with Crippen LogP contribution in [0.5, 0.6) is 34.5 Å². The van der Waals surface area contributed by atoms with Crippen LogP contribution in [0.4, 0.5) is 0 Å². The quantitative estimate of drug-likeness (QED) is 0.123. The van der Waals surface area contributed by atoms with Crippen molar-refractivity contribution < 1.29 is 79.0 Å². The number of esters is 2. The van der Waals surface area contributed by atoms with Crippen molar-refractivity contribution in [2.45, 2.75) is 43.0 Å². The van der Waals surface area contributed by atoms with E-state index in [1.54, 1.807) is 0 Å². The Bertz CT molecular complexity index is 1700. The van der Waals surface area contributed by atoms with Gasteiger partial charge in [0.15, 0.2) is 52.5 Å². The molecular weight excluding hydrogens is 584 g/mol. The van der Waals surface area contributed by atoms with Gasteiger partial charge in [-0.05, 0) is 18.2 Å². The van der Waals surface area contributed by atoms with E-state index in [0.29, 0.717) is 12.1 Å². The standard InChI is InChI=1S/C26H22O17/c27-5-13-18(34)22(20(36)26(40-13)43-23(37)6-1-9(28)16(32)10(29)2-6)42-25(39)8-4-12(31)21-15(8)14-7(24(38)41-21)3-11(30)17(33)19(14)35/h1-3,8,13,18,20,22,26-30,32-36H,4-5H2/t8?,13-,18-,20-,22+,26+/m1/s1. The van der Waals surface area contributed by atoms with Gasteiger partial charge in [0.25, 0.3) is 0 Å². The summed E-state index contributed by atoms with van der Waals surface area (Å²) in [5.74, 6) is -11.5. The first-order valence-electron chi connectivity index (χ1n) is 12.3. The lowest BCUT2D eigenvalue weighted by molar-refractivity contribution is -0.288. The highest BCUT2D eigenvalue weighted by atomic mass is 16.7. The van der Waals surface area contributed by atoms with Crippen molar-refractivity contribution >= 4 is 28.5 Å². The summed E-state index contributed by atoms with van der Waals surface area (Å²) in [4.78, 5) is 51.0. The van der Waals surface area contributed by atoms with Crippen LogP contribution >= 0.6 is 0 Å². The van der Waals surface area contributed by atoms with Crippen molar-refractivity contribution in [3.8, 4) is 34.5 Å². The van der Waals surface area contributed by atoms with Gasteiger partial charge in [-0.15, -0.1) is 0 Å². The molecule has 43 heavy (non-hydrogen) atoms. The fourth-order valence-corrected chi connectivity index (χ4v) is 4.92. The van der Waals surface area contributed by atoms with E-state index >= 15 is 0 Å². The van der Waals surface area contributed by atoms with Gasteiger partial charge in [-0.3, -0.25) is 9.59 Å². The van der Waals surface area contributed by atoms with Gasteiger partial charge in [-0.25, -0.2) is 9.59 Å². The highest BCUT2D eigenvalue weighted by molar-refractivity contribution is 6.10. The molecule has 1 saturated heterocycles. The Morgan fingerprint density at radius 3 is 2.12 bits per heavy atom. The molecule has 1 aliphatic carbocycles. The number of hydrogen-bond acceptors (Lipinski definition) is 17. The molecule has 9 N–H and O–H groups in total. The Morgan fingerprint density at radius 1 is 0.860 bits per heavy atom. The first-order valence-corrected chi connectivity index (χ1v) is 12.3. The predicted molar refractivity (Wildman–Crippen MR) is 134 cm³/mol. The maximum Gasteiger partial charge on any atom is 0.344 e. The normalized spacial score (nSPS) is 25.0. The Kier molecular flexibility index (Phi) is 7.26. The molecule has 0 saturated carbocycles. The molecule has 6 atom stereocenters. The van der Waals surface area contributed by atoms with Crippen molar-refractivity contribution in [2.24, 2.45) is 0 Å². The van der Waals surface area contributed by atoms with Gasteiger partial charge in [0, 0.05) is 17.4 Å². The second kappa shape index (κ2) is 10.6. The molecule has 1 aromatic heterocycles. The van der Waals surface area contributed by atoms with Crippen LogP contribution in [0, 0.1) is 0 Å². The monoisotopic (exact) mass is 606 g/mol. The topological polar surface area (TPSA) is 291 Å². The van der Waals surface area contributed by atoms with Crippen LogP contribution in [0.3, 0.4) is 0 Å². The van der Waals surface area contributed by atoms with Crippen LogP contribution in [0.1, 0.15) is 38.8 Å². The zero-order chi connectivity index (χ0) is 31.5. The van der Waals surface area contributed by atoms with Crippen molar-refractivity contribution in [2.75, 3.05) is 6.61 Å². The van der Waals surface area contributed by atoms with Crippen molar-refractivity contribution in [3.63, 3.8) is 0 Å². The Labute approximate surface area is 237 Å². The van der Waals surface area contributed by atoms with Crippen molar-refractivity contribution in [1.82, 2.24) is 0 Å².